The van der Waals surface area contributed by atoms with Gasteiger partial charge in [0, 0.05) is 13.0 Å². The van der Waals surface area contributed by atoms with Crippen LogP contribution in [0.25, 0.3) is 0 Å². The van der Waals surface area contributed by atoms with Crippen molar-refractivity contribution in [3.8, 4) is 5.75 Å². The van der Waals surface area contributed by atoms with E-state index in [1.165, 1.54) is 0 Å². The minimum absolute atomic E-state index is 0.0250. The Labute approximate surface area is 108 Å². The molecule has 0 saturated carbocycles. The molecule has 4 heteroatoms. The van der Waals surface area contributed by atoms with Crippen molar-refractivity contribution in [2.45, 2.75) is 20.0 Å². The molecule has 1 unspecified atom stereocenters. The van der Waals surface area contributed by atoms with Gasteiger partial charge in [0.05, 0.1) is 19.8 Å². The Balaban J connectivity index is 2.69. The van der Waals surface area contributed by atoms with E-state index in [9.17, 15) is 9.90 Å². The number of hydrogen-bond donors (Lipinski definition) is 1. The van der Waals surface area contributed by atoms with Gasteiger partial charge in [0.25, 0.3) is 0 Å². The zero-order chi connectivity index (χ0) is 13.7. The highest BCUT2D eigenvalue weighted by Gasteiger charge is 2.17. The molecule has 100 valence electrons. The molecule has 0 saturated heterocycles. The van der Waals surface area contributed by atoms with Crippen LogP contribution in [0.4, 0.5) is 0 Å². The Bertz CT molecular complexity index is 404. The SMILES string of the molecule is COc1cccc(C(O)CN(C)C(=O)C(C)C)c1. The van der Waals surface area contributed by atoms with Gasteiger partial charge in [-0.3, -0.25) is 4.79 Å². The fourth-order valence-corrected chi connectivity index (χ4v) is 1.74. The van der Waals surface area contributed by atoms with E-state index in [-0.39, 0.29) is 18.4 Å². The first kappa shape index (κ1) is 14.5. The second-order valence-electron chi connectivity index (χ2n) is 4.67. The molecule has 0 heterocycles. The fourth-order valence-electron chi connectivity index (χ4n) is 1.74. The molecule has 1 rings (SSSR count). The van der Waals surface area contributed by atoms with Crippen LogP contribution in [0, 0.1) is 5.92 Å². The number of aliphatic hydroxyl groups is 1. The number of carbonyl (C=O) groups is 1. The zero-order valence-electron chi connectivity index (χ0n) is 11.4. The van der Waals surface area contributed by atoms with Crippen LogP contribution in [-0.4, -0.2) is 36.6 Å². The zero-order valence-corrected chi connectivity index (χ0v) is 11.4. The van der Waals surface area contributed by atoms with E-state index in [2.05, 4.69) is 0 Å². The van der Waals surface area contributed by atoms with Gasteiger partial charge in [0.15, 0.2) is 0 Å². The summed E-state index contributed by atoms with van der Waals surface area (Å²) in [4.78, 5) is 13.3. The van der Waals surface area contributed by atoms with E-state index in [1.54, 1.807) is 25.1 Å². The third kappa shape index (κ3) is 3.74. The number of benzene rings is 1. The normalized spacial score (nSPS) is 12.3. The number of likely N-dealkylation sites (N-methyl/N-ethyl adjacent to an activating group) is 1. The number of aliphatic hydroxyl groups excluding tert-OH is 1. The number of ether oxygens (including phenoxy) is 1. The van der Waals surface area contributed by atoms with Crippen LogP contribution in [0.15, 0.2) is 24.3 Å². The molecule has 0 aromatic heterocycles. The maximum absolute atomic E-state index is 11.7. The van der Waals surface area contributed by atoms with Gasteiger partial charge in [-0.1, -0.05) is 26.0 Å². The first-order chi connectivity index (χ1) is 8.45. The quantitative estimate of drug-likeness (QED) is 0.868. The summed E-state index contributed by atoms with van der Waals surface area (Å²) >= 11 is 0. The monoisotopic (exact) mass is 251 g/mol. The van der Waals surface area contributed by atoms with Crippen molar-refractivity contribution in [2.75, 3.05) is 20.7 Å². The third-order valence-corrected chi connectivity index (χ3v) is 2.80. The van der Waals surface area contributed by atoms with Gasteiger partial charge >= 0.3 is 0 Å². The first-order valence-electron chi connectivity index (χ1n) is 6.02. The molecule has 1 aromatic rings. The molecular weight excluding hydrogens is 230 g/mol. The minimum Gasteiger partial charge on any atom is -0.497 e. The largest absolute Gasteiger partial charge is 0.497 e. The number of methoxy groups -OCH3 is 1. The summed E-state index contributed by atoms with van der Waals surface area (Å²) in [6.07, 6.45) is -0.701. The molecule has 0 aliphatic heterocycles. The van der Waals surface area contributed by atoms with Crippen LogP contribution < -0.4 is 4.74 Å². The van der Waals surface area contributed by atoms with Crippen LogP contribution in [0.1, 0.15) is 25.5 Å². The summed E-state index contributed by atoms with van der Waals surface area (Å²) in [5, 5.41) is 10.1. The van der Waals surface area contributed by atoms with Gasteiger partial charge in [-0.15, -0.1) is 0 Å². The molecule has 0 fully saturated rings. The van der Waals surface area contributed by atoms with Gasteiger partial charge in [0.1, 0.15) is 5.75 Å². The van der Waals surface area contributed by atoms with E-state index < -0.39 is 6.10 Å². The summed E-state index contributed by atoms with van der Waals surface area (Å²) < 4.78 is 5.10. The van der Waals surface area contributed by atoms with Crippen LogP contribution in [0.5, 0.6) is 5.75 Å². The Morgan fingerprint density at radius 1 is 1.44 bits per heavy atom. The number of amides is 1. The van der Waals surface area contributed by atoms with Crippen molar-refractivity contribution in [3.05, 3.63) is 29.8 Å². The van der Waals surface area contributed by atoms with Gasteiger partial charge in [0.2, 0.25) is 5.91 Å². The maximum atomic E-state index is 11.7. The first-order valence-corrected chi connectivity index (χ1v) is 6.02. The highest BCUT2D eigenvalue weighted by molar-refractivity contribution is 5.77. The smallest absolute Gasteiger partial charge is 0.224 e. The van der Waals surface area contributed by atoms with Crippen molar-refractivity contribution >= 4 is 5.91 Å². The number of carbonyl (C=O) groups excluding carboxylic acids is 1. The molecule has 0 spiro atoms. The van der Waals surface area contributed by atoms with E-state index in [0.717, 1.165) is 5.56 Å². The second-order valence-corrected chi connectivity index (χ2v) is 4.67. The van der Waals surface area contributed by atoms with E-state index in [0.29, 0.717) is 5.75 Å². The summed E-state index contributed by atoms with van der Waals surface area (Å²) in [7, 11) is 3.28. The van der Waals surface area contributed by atoms with Gasteiger partial charge in [-0.25, -0.2) is 0 Å². The Hall–Kier alpha value is -1.55. The molecule has 4 nitrogen and oxygen atoms in total. The Morgan fingerprint density at radius 3 is 2.67 bits per heavy atom. The van der Waals surface area contributed by atoms with E-state index >= 15 is 0 Å². The predicted octanol–water partition coefficient (Wildman–Crippen LogP) is 1.84. The molecular formula is C14H21NO3. The lowest BCUT2D eigenvalue weighted by Crippen LogP contribution is -2.34. The number of rotatable bonds is 5. The van der Waals surface area contributed by atoms with Crippen molar-refractivity contribution in [1.29, 1.82) is 0 Å². The standard InChI is InChI=1S/C14H21NO3/c1-10(2)14(17)15(3)9-13(16)11-6-5-7-12(8-11)18-4/h5-8,10,13,16H,9H2,1-4H3. The molecule has 1 amide bonds. The van der Waals surface area contributed by atoms with Crippen molar-refractivity contribution in [2.24, 2.45) is 5.92 Å². The molecule has 1 N–H and O–H groups in total. The predicted molar refractivity (Wildman–Crippen MR) is 70.4 cm³/mol. The molecule has 0 bridgehead atoms. The number of nitrogens with zero attached hydrogens (tertiary/aromatic N) is 1. The van der Waals surface area contributed by atoms with Crippen LogP contribution in [0.2, 0.25) is 0 Å². The molecule has 1 atom stereocenters. The highest BCUT2D eigenvalue weighted by atomic mass is 16.5. The third-order valence-electron chi connectivity index (χ3n) is 2.80. The van der Waals surface area contributed by atoms with Crippen molar-refractivity contribution in [3.63, 3.8) is 0 Å². The van der Waals surface area contributed by atoms with Crippen LogP contribution in [0.3, 0.4) is 0 Å². The number of hydrogen-bond acceptors (Lipinski definition) is 3. The summed E-state index contributed by atoms with van der Waals surface area (Å²) in [6, 6.07) is 7.24. The summed E-state index contributed by atoms with van der Waals surface area (Å²) in [5.74, 6) is 0.661. The van der Waals surface area contributed by atoms with Crippen LogP contribution >= 0.6 is 0 Å². The van der Waals surface area contributed by atoms with Gasteiger partial charge < -0.3 is 14.7 Å². The highest BCUT2D eigenvalue weighted by Crippen LogP contribution is 2.20. The lowest BCUT2D eigenvalue weighted by Gasteiger charge is -2.23. The molecule has 0 aliphatic rings. The van der Waals surface area contributed by atoms with E-state index in [1.807, 2.05) is 32.0 Å². The fraction of sp³-hybridized carbons (Fsp3) is 0.500. The van der Waals surface area contributed by atoms with Gasteiger partial charge in [-0.2, -0.15) is 0 Å². The minimum atomic E-state index is -0.701. The second kappa shape index (κ2) is 6.40. The average molecular weight is 251 g/mol. The molecule has 18 heavy (non-hydrogen) atoms. The van der Waals surface area contributed by atoms with E-state index in [4.69, 9.17) is 4.74 Å². The Morgan fingerprint density at radius 2 is 2.11 bits per heavy atom. The summed E-state index contributed by atoms with van der Waals surface area (Å²) in [5.41, 5.74) is 0.748. The Kier molecular flexibility index (Phi) is 5.16. The molecule has 1 aromatic carbocycles. The van der Waals surface area contributed by atoms with Crippen LogP contribution in [-0.2, 0) is 4.79 Å². The van der Waals surface area contributed by atoms with Gasteiger partial charge in [-0.05, 0) is 17.7 Å². The lowest BCUT2D eigenvalue weighted by molar-refractivity contribution is -0.134. The molecule has 0 radical (unpaired) electrons. The topological polar surface area (TPSA) is 49.8 Å². The summed E-state index contributed by atoms with van der Waals surface area (Å²) in [6.45, 7) is 3.97. The lowest BCUT2D eigenvalue weighted by atomic mass is 10.1. The van der Waals surface area contributed by atoms with Crippen molar-refractivity contribution in [1.82, 2.24) is 4.90 Å². The maximum Gasteiger partial charge on any atom is 0.224 e. The molecule has 0 aliphatic carbocycles. The average Bonchev–Trinajstić information content (AvgIpc) is 2.37. The van der Waals surface area contributed by atoms with Crippen molar-refractivity contribution < 1.29 is 14.6 Å².